The highest BCUT2D eigenvalue weighted by Gasteiger charge is 2.37. The largest absolute Gasteiger partial charge is 0.478 e. The normalized spacial score (nSPS) is 14.3. The van der Waals surface area contributed by atoms with Crippen molar-refractivity contribution >= 4 is 41.2 Å². The third-order valence-corrected chi connectivity index (χ3v) is 5.81. The molecule has 7 nitrogen and oxygen atoms in total. The van der Waals surface area contributed by atoms with Crippen molar-refractivity contribution in [1.29, 1.82) is 0 Å². The number of hydrogen-bond donors (Lipinski definition) is 3. The predicted octanol–water partition coefficient (Wildman–Crippen LogP) is 4.89. The molecule has 0 bridgehead atoms. The lowest BCUT2D eigenvalue weighted by atomic mass is 10.0. The van der Waals surface area contributed by atoms with E-state index in [0.29, 0.717) is 11.1 Å². The van der Waals surface area contributed by atoms with Gasteiger partial charge in [-0.2, -0.15) is 17.5 Å². The van der Waals surface area contributed by atoms with Crippen LogP contribution in [0.4, 0.5) is 33.3 Å². The summed E-state index contributed by atoms with van der Waals surface area (Å²) in [6, 6.07) is 3.01. The molecule has 1 aliphatic heterocycles. The Morgan fingerprint density at radius 1 is 1.20 bits per heavy atom. The summed E-state index contributed by atoms with van der Waals surface area (Å²) in [5.41, 5.74) is 1.04. The maximum absolute atomic E-state index is 14.3. The van der Waals surface area contributed by atoms with E-state index < -0.39 is 51.9 Å². The summed E-state index contributed by atoms with van der Waals surface area (Å²) >= 11 is 0.987. The number of nitrogens with one attached hydrogen (secondary N) is 2. The molecule has 1 aromatic carbocycles. The second-order valence-electron chi connectivity index (χ2n) is 7.47. The zero-order valence-corrected chi connectivity index (χ0v) is 19.4. The van der Waals surface area contributed by atoms with Crippen LogP contribution in [-0.2, 0) is 6.18 Å². The van der Waals surface area contributed by atoms with Crippen molar-refractivity contribution in [1.82, 2.24) is 14.7 Å². The molecule has 4 N–H and O–H groups in total. The topological polar surface area (TPSA) is 102 Å². The number of pyridine rings is 1. The van der Waals surface area contributed by atoms with Crippen molar-refractivity contribution < 1.29 is 31.5 Å². The first-order valence-electron chi connectivity index (χ1n) is 10.1. The molecule has 4 rings (SSSR count). The number of rotatable bonds is 5. The van der Waals surface area contributed by atoms with E-state index in [0.717, 1.165) is 55.7 Å². The van der Waals surface area contributed by atoms with E-state index in [4.69, 9.17) is 10.5 Å². The van der Waals surface area contributed by atoms with Crippen LogP contribution in [0, 0.1) is 11.6 Å². The maximum atomic E-state index is 14.3. The van der Waals surface area contributed by atoms with Crippen LogP contribution in [0.2, 0.25) is 0 Å². The zero-order valence-electron chi connectivity index (χ0n) is 17.8. The summed E-state index contributed by atoms with van der Waals surface area (Å²) in [7, 11) is 0. The molecule has 0 saturated carbocycles. The Labute approximate surface area is 206 Å². The number of benzene rings is 1. The molecule has 1 aliphatic rings. The highest BCUT2D eigenvalue weighted by molar-refractivity contribution is 7.08. The fourth-order valence-electron chi connectivity index (χ4n) is 3.48. The Kier molecular flexibility index (Phi) is 8.13. The first kappa shape index (κ1) is 26.6. The van der Waals surface area contributed by atoms with E-state index in [2.05, 4.69) is 20.0 Å². The minimum atomic E-state index is -5.03. The molecule has 14 heteroatoms. The van der Waals surface area contributed by atoms with Crippen LogP contribution in [0.3, 0.4) is 0 Å². The van der Waals surface area contributed by atoms with E-state index in [9.17, 15) is 26.7 Å². The van der Waals surface area contributed by atoms with Gasteiger partial charge in [0.15, 0.2) is 5.69 Å². The summed E-state index contributed by atoms with van der Waals surface area (Å²) in [5.74, 6) is -3.53. The molecular weight excluding hydrogens is 517 g/mol. The van der Waals surface area contributed by atoms with Crippen LogP contribution < -0.4 is 21.1 Å². The van der Waals surface area contributed by atoms with Gasteiger partial charge in [-0.05, 0) is 44.1 Å². The van der Waals surface area contributed by atoms with E-state index in [1.54, 1.807) is 0 Å². The summed E-state index contributed by atoms with van der Waals surface area (Å²) < 4.78 is 79.4. The number of ether oxygens (including phenoxy) is 1. The number of halogens is 6. The van der Waals surface area contributed by atoms with Gasteiger partial charge in [0, 0.05) is 11.5 Å². The maximum Gasteiger partial charge on any atom is 0.418 e. The second kappa shape index (κ2) is 10.7. The van der Waals surface area contributed by atoms with Crippen molar-refractivity contribution in [3.8, 4) is 16.3 Å². The van der Waals surface area contributed by atoms with Crippen LogP contribution in [0.25, 0.3) is 11.3 Å². The van der Waals surface area contributed by atoms with Crippen molar-refractivity contribution in [2.75, 3.05) is 24.1 Å². The van der Waals surface area contributed by atoms with Crippen LogP contribution in [0.15, 0.2) is 30.5 Å². The van der Waals surface area contributed by atoms with Crippen molar-refractivity contribution in [2.45, 2.75) is 25.1 Å². The standard InChI is InChI=1S/C21H18F5N5O2S.ClH/c22-12-2-1-3-13(23)16(12)17-11(21(24,25)26)8-14(27)18(31-17)19(32)30-15-9-29-34-20(15)33-10-4-6-28-7-5-10;/h1-3,8-10,28H,4-7,27H2,(H,30,32);1H. The van der Waals surface area contributed by atoms with Gasteiger partial charge in [0.1, 0.15) is 23.4 Å². The van der Waals surface area contributed by atoms with Gasteiger partial charge in [-0.1, -0.05) is 6.07 Å². The van der Waals surface area contributed by atoms with Gasteiger partial charge in [-0.15, -0.1) is 12.4 Å². The first-order valence-corrected chi connectivity index (χ1v) is 10.9. The van der Waals surface area contributed by atoms with Gasteiger partial charge in [0.05, 0.1) is 28.7 Å². The summed E-state index contributed by atoms with van der Waals surface area (Å²) in [4.78, 5) is 16.5. The van der Waals surface area contributed by atoms with Crippen LogP contribution in [-0.4, -0.2) is 34.5 Å². The Morgan fingerprint density at radius 3 is 2.49 bits per heavy atom. The van der Waals surface area contributed by atoms with Crippen molar-refractivity contribution in [3.63, 3.8) is 0 Å². The Morgan fingerprint density at radius 2 is 1.86 bits per heavy atom. The molecule has 1 amide bonds. The number of carbonyl (C=O) groups is 1. The lowest BCUT2D eigenvalue weighted by Gasteiger charge is -2.23. The summed E-state index contributed by atoms with van der Waals surface area (Å²) in [6.07, 6.45) is -2.32. The highest BCUT2D eigenvalue weighted by atomic mass is 35.5. The molecule has 1 saturated heterocycles. The zero-order chi connectivity index (χ0) is 24.5. The number of nitrogens with zero attached hydrogens (tertiary/aromatic N) is 2. The fraction of sp³-hybridized carbons (Fsp3) is 0.286. The number of piperidine rings is 1. The number of nitrogens with two attached hydrogens (primary N) is 1. The van der Waals surface area contributed by atoms with E-state index >= 15 is 0 Å². The molecule has 3 aromatic rings. The van der Waals surface area contributed by atoms with Gasteiger partial charge in [-0.25, -0.2) is 13.8 Å². The number of nitrogen functional groups attached to an aromatic ring is 1. The molecule has 0 aliphatic carbocycles. The van der Waals surface area contributed by atoms with Gasteiger partial charge < -0.3 is 21.1 Å². The number of amides is 1. The number of aromatic nitrogens is 2. The molecule has 0 radical (unpaired) electrons. The SMILES string of the molecule is Cl.Nc1cc(C(F)(F)F)c(-c2c(F)cccc2F)nc1C(=O)Nc1cnsc1OC1CCNCC1. The average Bonchev–Trinajstić information content (AvgIpc) is 3.20. The second-order valence-corrected chi connectivity index (χ2v) is 8.23. The monoisotopic (exact) mass is 535 g/mol. The average molecular weight is 536 g/mol. The number of alkyl halides is 3. The third-order valence-electron chi connectivity index (χ3n) is 5.12. The van der Waals surface area contributed by atoms with E-state index in [1.165, 1.54) is 6.20 Å². The number of hydrogen-bond acceptors (Lipinski definition) is 7. The molecule has 0 atom stereocenters. The first-order chi connectivity index (χ1) is 16.1. The summed E-state index contributed by atoms with van der Waals surface area (Å²) in [5, 5.41) is 5.96. The minimum absolute atomic E-state index is 0. The Balaban J connectivity index is 0.00000342. The summed E-state index contributed by atoms with van der Waals surface area (Å²) in [6.45, 7) is 1.54. The smallest absolute Gasteiger partial charge is 0.418 e. The lowest BCUT2D eigenvalue weighted by molar-refractivity contribution is -0.137. The van der Waals surface area contributed by atoms with E-state index in [-0.39, 0.29) is 24.2 Å². The Bertz CT molecular complexity index is 1200. The Hall–Kier alpha value is -3.03. The minimum Gasteiger partial charge on any atom is -0.478 e. The van der Waals surface area contributed by atoms with Gasteiger partial charge in [-0.3, -0.25) is 4.79 Å². The van der Waals surface area contributed by atoms with Crippen LogP contribution in [0.1, 0.15) is 28.9 Å². The van der Waals surface area contributed by atoms with Crippen LogP contribution in [0.5, 0.6) is 5.06 Å². The van der Waals surface area contributed by atoms with Gasteiger partial charge >= 0.3 is 6.18 Å². The van der Waals surface area contributed by atoms with Crippen LogP contribution >= 0.6 is 23.9 Å². The van der Waals surface area contributed by atoms with Crippen molar-refractivity contribution in [3.05, 3.63) is 53.4 Å². The molecule has 1 fully saturated rings. The molecule has 188 valence electrons. The molecule has 2 aromatic heterocycles. The molecule has 0 unspecified atom stereocenters. The fourth-order valence-corrected chi connectivity index (χ4v) is 4.12. The van der Waals surface area contributed by atoms with Gasteiger partial charge in [0.25, 0.3) is 5.91 Å². The molecular formula is C21H19ClF5N5O2S. The molecule has 3 heterocycles. The van der Waals surface area contributed by atoms with Gasteiger partial charge in [0.2, 0.25) is 5.06 Å². The predicted molar refractivity (Wildman–Crippen MR) is 123 cm³/mol. The lowest BCUT2D eigenvalue weighted by Crippen LogP contribution is -2.34. The highest BCUT2D eigenvalue weighted by Crippen LogP contribution is 2.40. The molecule has 0 spiro atoms. The molecule has 35 heavy (non-hydrogen) atoms. The van der Waals surface area contributed by atoms with E-state index in [1.807, 2.05) is 0 Å². The van der Waals surface area contributed by atoms with Crippen molar-refractivity contribution in [2.24, 2.45) is 0 Å². The number of carbonyl (C=O) groups excluding carboxylic acids is 1. The number of anilines is 2. The quantitative estimate of drug-likeness (QED) is 0.402. The third kappa shape index (κ3) is 5.80.